The van der Waals surface area contributed by atoms with E-state index < -0.39 is 6.10 Å². The van der Waals surface area contributed by atoms with Crippen molar-refractivity contribution in [3.8, 4) is 0 Å². The van der Waals surface area contributed by atoms with Crippen LogP contribution in [0.3, 0.4) is 0 Å². The summed E-state index contributed by atoms with van der Waals surface area (Å²) in [7, 11) is 0. The monoisotopic (exact) mass is 346 g/mol. The van der Waals surface area contributed by atoms with Gasteiger partial charge in [-0.1, -0.05) is 6.07 Å². The van der Waals surface area contributed by atoms with Gasteiger partial charge in [0.05, 0.1) is 6.10 Å². The molecular formula is C19H26N2O4. The summed E-state index contributed by atoms with van der Waals surface area (Å²) in [5.41, 5.74) is 3.45. The van der Waals surface area contributed by atoms with Crippen molar-refractivity contribution in [2.75, 3.05) is 25.0 Å². The fourth-order valence-electron chi connectivity index (χ4n) is 3.67. The number of hydrogen-bond acceptors (Lipinski definition) is 4. The van der Waals surface area contributed by atoms with Crippen molar-refractivity contribution in [2.45, 2.75) is 44.6 Å². The number of nitrogens with zero attached hydrogens (tertiary/aromatic N) is 1. The Morgan fingerprint density at radius 2 is 2.00 bits per heavy atom. The molecule has 1 aliphatic heterocycles. The van der Waals surface area contributed by atoms with Crippen molar-refractivity contribution in [1.82, 2.24) is 4.90 Å². The van der Waals surface area contributed by atoms with Gasteiger partial charge in [-0.05, 0) is 48.9 Å². The van der Waals surface area contributed by atoms with Crippen molar-refractivity contribution in [3.05, 3.63) is 29.3 Å². The zero-order valence-electron chi connectivity index (χ0n) is 14.4. The van der Waals surface area contributed by atoms with E-state index in [-0.39, 0.29) is 43.7 Å². The smallest absolute Gasteiger partial charge is 0.224 e. The largest absolute Gasteiger partial charge is 0.396 e. The molecule has 136 valence electrons. The molecule has 0 bridgehead atoms. The predicted octanol–water partition coefficient (Wildman–Crippen LogP) is 1.10. The van der Waals surface area contributed by atoms with E-state index in [9.17, 15) is 14.7 Å². The summed E-state index contributed by atoms with van der Waals surface area (Å²) in [6.45, 7) is 0.691. The maximum absolute atomic E-state index is 12.2. The van der Waals surface area contributed by atoms with Crippen LogP contribution in [-0.4, -0.2) is 52.7 Å². The van der Waals surface area contributed by atoms with Gasteiger partial charge < -0.3 is 20.4 Å². The van der Waals surface area contributed by atoms with E-state index in [0.29, 0.717) is 13.0 Å². The van der Waals surface area contributed by atoms with Crippen LogP contribution < -0.4 is 5.32 Å². The maximum Gasteiger partial charge on any atom is 0.224 e. The molecule has 0 spiro atoms. The number of aliphatic hydroxyl groups is 2. The lowest BCUT2D eigenvalue weighted by Gasteiger charge is -2.35. The number of likely N-dealkylation sites (tertiary alicyclic amines) is 1. The van der Waals surface area contributed by atoms with Crippen LogP contribution >= 0.6 is 0 Å². The second kappa shape index (κ2) is 7.97. The molecule has 3 N–H and O–H groups in total. The third-order valence-corrected chi connectivity index (χ3v) is 5.26. The average molecular weight is 346 g/mol. The summed E-state index contributed by atoms with van der Waals surface area (Å²) < 4.78 is 0. The topological polar surface area (TPSA) is 89.9 Å². The number of fused-ring (bicyclic) bond motifs is 1. The van der Waals surface area contributed by atoms with Gasteiger partial charge in [-0.15, -0.1) is 0 Å². The molecule has 6 nitrogen and oxygen atoms in total. The first kappa shape index (κ1) is 17.9. The Bertz CT molecular complexity index is 646. The summed E-state index contributed by atoms with van der Waals surface area (Å²) >= 11 is 0. The van der Waals surface area contributed by atoms with Gasteiger partial charge in [-0.3, -0.25) is 9.59 Å². The molecule has 2 amide bonds. The fraction of sp³-hybridized carbons (Fsp3) is 0.579. The Balaban J connectivity index is 1.45. The van der Waals surface area contributed by atoms with Crippen LogP contribution in [0.2, 0.25) is 0 Å². The van der Waals surface area contributed by atoms with Crippen molar-refractivity contribution in [3.63, 3.8) is 0 Å². The van der Waals surface area contributed by atoms with Gasteiger partial charge in [0.25, 0.3) is 0 Å². The number of rotatable bonds is 5. The Morgan fingerprint density at radius 1 is 1.20 bits per heavy atom. The predicted molar refractivity (Wildman–Crippen MR) is 94.1 cm³/mol. The highest BCUT2D eigenvalue weighted by Crippen LogP contribution is 2.25. The molecule has 0 unspecified atom stereocenters. The number of hydrogen-bond donors (Lipinski definition) is 3. The second-order valence-corrected chi connectivity index (χ2v) is 7.02. The van der Waals surface area contributed by atoms with Crippen molar-refractivity contribution >= 4 is 17.5 Å². The number of β-amino-alcohol motifs (C(OH)–C–C–N with tert-alkyl or cyclic N) is 1. The first-order valence-corrected chi connectivity index (χ1v) is 9.05. The lowest BCUT2D eigenvalue weighted by atomic mass is 9.94. The quantitative estimate of drug-likeness (QED) is 0.745. The molecule has 2 aliphatic rings. The second-order valence-electron chi connectivity index (χ2n) is 7.02. The normalized spacial score (nSPS) is 22.6. The molecule has 1 aromatic rings. The molecule has 25 heavy (non-hydrogen) atoms. The third-order valence-electron chi connectivity index (χ3n) is 5.26. The van der Waals surface area contributed by atoms with Gasteiger partial charge in [0, 0.05) is 44.1 Å². The highest BCUT2D eigenvalue weighted by atomic mass is 16.3. The molecule has 1 heterocycles. The summed E-state index contributed by atoms with van der Waals surface area (Å²) in [5, 5.41) is 21.9. The molecule has 0 saturated carbocycles. The molecular weight excluding hydrogens is 320 g/mol. The van der Waals surface area contributed by atoms with E-state index >= 15 is 0 Å². The number of amides is 2. The van der Waals surface area contributed by atoms with Crippen molar-refractivity contribution in [2.24, 2.45) is 5.92 Å². The van der Waals surface area contributed by atoms with Crippen LogP contribution in [0.5, 0.6) is 0 Å². The van der Waals surface area contributed by atoms with E-state index in [1.165, 1.54) is 17.5 Å². The van der Waals surface area contributed by atoms with Crippen LogP contribution in [0, 0.1) is 5.92 Å². The Labute approximate surface area is 147 Å². The molecule has 3 rings (SSSR count). The highest BCUT2D eigenvalue weighted by molar-refractivity contribution is 5.93. The number of nitrogens with one attached hydrogen (secondary N) is 1. The number of aliphatic hydroxyl groups excluding tert-OH is 2. The first-order valence-electron chi connectivity index (χ1n) is 9.05. The molecule has 1 aromatic carbocycles. The van der Waals surface area contributed by atoms with Gasteiger partial charge in [-0.25, -0.2) is 0 Å². The average Bonchev–Trinajstić information content (AvgIpc) is 3.07. The minimum atomic E-state index is -0.692. The maximum atomic E-state index is 12.2. The van der Waals surface area contributed by atoms with E-state index in [0.717, 1.165) is 18.5 Å². The van der Waals surface area contributed by atoms with Crippen LogP contribution in [0.15, 0.2) is 18.2 Å². The zero-order chi connectivity index (χ0) is 17.8. The molecule has 1 aliphatic carbocycles. The summed E-state index contributed by atoms with van der Waals surface area (Å²) in [6.07, 6.45) is 3.49. The van der Waals surface area contributed by atoms with E-state index in [1.807, 2.05) is 12.1 Å². The molecule has 1 saturated heterocycles. The SMILES string of the molecule is O=C(CCC(=O)N1CC[C@H](CO)[C@@H](O)C1)Nc1ccc2c(c1)CCC2. The molecule has 2 atom stereocenters. The Kier molecular flexibility index (Phi) is 5.71. The minimum Gasteiger partial charge on any atom is -0.396 e. The van der Waals surface area contributed by atoms with Gasteiger partial charge in [-0.2, -0.15) is 0 Å². The van der Waals surface area contributed by atoms with Crippen LogP contribution in [0.4, 0.5) is 5.69 Å². The number of piperidine rings is 1. The van der Waals surface area contributed by atoms with Gasteiger partial charge in [0.2, 0.25) is 11.8 Å². The standard InChI is InChI=1S/C19H26N2O4/c22-12-15-8-9-21(11-17(15)23)19(25)7-6-18(24)20-16-5-4-13-2-1-3-14(13)10-16/h4-5,10,15,17,22-23H,1-3,6-9,11-12H2,(H,20,24)/t15-,17+/m1/s1. The van der Waals surface area contributed by atoms with E-state index in [1.54, 1.807) is 4.90 Å². The van der Waals surface area contributed by atoms with Crippen LogP contribution in [0.1, 0.15) is 36.8 Å². The number of benzene rings is 1. The van der Waals surface area contributed by atoms with Crippen molar-refractivity contribution in [1.29, 1.82) is 0 Å². The first-order chi connectivity index (χ1) is 12.1. The molecule has 0 aromatic heterocycles. The minimum absolute atomic E-state index is 0.0631. The zero-order valence-corrected chi connectivity index (χ0v) is 14.4. The van der Waals surface area contributed by atoms with Gasteiger partial charge in [0.15, 0.2) is 0 Å². The van der Waals surface area contributed by atoms with Gasteiger partial charge >= 0.3 is 0 Å². The lowest BCUT2D eigenvalue weighted by molar-refractivity contribution is -0.137. The molecule has 6 heteroatoms. The van der Waals surface area contributed by atoms with Crippen LogP contribution in [-0.2, 0) is 22.4 Å². The summed E-state index contributed by atoms with van der Waals surface area (Å²) in [6, 6.07) is 6.01. The number of aryl methyl sites for hydroxylation is 2. The van der Waals surface area contributed by atoms with Gasteiger partial charge in [0.1, 0.15) is 0 Å². The lowest BCUT2D eigenvalue weighted by Crippen LogP contribution is -2.47. The summed E-state index contributed by atoms with van der Waals surface area (Å²) in [4.78, 5) is 25.9. The Morgan fingerprint density at radius 3 is 2.76 bits per heavy atom. The number of anilines is 1. The molecule has 1 fully saturated rings. The fourth-order valence-corrected chi connectivity index (χ4v) is 3.67. The third kappa shape index (κ3) is 4.38. The number of carbonyl (C=O) groups is 2. The Hall–Kier alpha value is -1.92. The summed E-state index contributed by atoms with van der Waals surface area (Å²) in [5.74, 6) is -0.455. The van der Waals surface area contributed by atoms with E-state index in [4.69, 9.17) is 5.11 Å². The van der Waals surface area contributed by atoms with Crippen LogP contribution in [0.25, 0.3) is 0 Å². The highest BCUT2D eigenvalue weighted by Gasteiger charge is 2.29. The van der Waals surface area contributed by atoms with E-state index in [2.05, 4.69) is 11.4 Å². The molecule has 0 radical (unpaired) electrons. The van der Waals surface area contributed by atoms with Crippen molar-refractivity contribution < 1.29 is 19.8 Å². The number of carbonyl (C=O) groups excluding carboxylic acids is 2.